The van der Waals surface area contributed by atoms with Gasteiger partial charge in [-0.25, -0.2) is 8.42 Å². The summed E-state index contributed by atoms with van der Waals surface area (Å²) in [5.41, 5.74) is 2.64. The minimum Gasteiger partial charge on any atom is -0.411 e. The molecule has 1 aliphatic rings. The molecule has 0 spiro atoms. The molecule has 0 unspecified atom stereocenters. The van der Waals surface area contributed by atoms with Crippen LogP contribution < -0.4 is 0 Å². The van der Waals surface area contributed by atoms with Crippen LogP contribution in [0.4, 0.5) is 0 Å². The number of rotatable bonds is 3. The van der Waals surface area contributed by atoms with E-state index in [-0.39, 0.29) is 0 Å². The van der Waals surface area contributed by atoms with E-state index in [1.807, 2.05) is 31.2 Å². The second-order valence-corrected chi connectivity index (χ2v) is 8.12. The van der Waals surface area contributed by atoms with E-state index in [0.29, 0.717) is 26.5 Å². The van der Waals surface area contributed by atoms with Crippen LogP contribution in [0.15, 0.2) is 68.5 Å². The molecule has 0 radical (unpaired) electrons. The normalized spacial score (nSPS) is 15.1. The maximum atomic E-state index is 12.2. The van der Waals surface area contributed by atoms with Gasteiger partial charge < -0.3 is 4.42 Å². The molecule has 0 amide bonds. The molecule has 0 atom stereocenters. The van der Waals surface area contributed by atoms with Crippen molar-refractivity contribution in [1.82, 2.24) is 10.2 Å². The molecule has 120 valence electrons. The van der Waals surface area contributed by atoms with Gasteiger partial charge in [0.05, 0.1) is 10.3 Å². The Morgan fingerprint density at radius 2 is 1.75 bits per heavy atom. The molecule has 0 fully saturated rings. The molecular weight excluding hydrogens is 344 g/mol. The smallest absolute Gasteiger partial charge is 0.281 e. The van der Waals surface area contributed by atoms with Crippen molar-refractivity contribution >= 4 is 26.5 Å². The van der Waals surface area contributed by atoms with Gasteiger partial charge in [-0.15, -0.1) is 10.2 Å². The van der Waals surface area contributed by atoms with Gasteiger partial charge in [0, 0.05) is 16.0 Å². The Balaban J connectivity index is 1.65. The number of aromatic nitrogens is 2. The lowest BCUT2D eigenvalue weighted by atomic mass is 10.1. The minimum atomic E-state index is -3.40. The molecule has 4 rings (SSSR count). The summed E-state index contributed by atoms with van der Waals surface area (Å²) in [7, 11) is -3.40. The SMILES string of the molecule is Cc1ccc(-c2nnc(SC3=CS(=O)(=O)c4ccccc43)o2)cc1. The average molecular weight is 356 g/mol. The van der Waals surface area contributed by atoms with Gasteiger partial charge in [-0.1, -0.05) is 35.9 Å². The topological polar surface area (TPSA) is 73.1 Å². The zero-order chi connectivity index (χ0) is 16.7. The Bertz CT molecular complexity index is 1050. The van der Waals surface area contributed by atoms with Crippen molar-refractivity contribution < 1.29 is 12.8 Å². The van der Waals surface area contributed by atoms with Crippen LogP contribution in [0.3, 0.4) is 0 Å². The van der Waals surface area contributed by atoms with Gasteiger partial charge in [-0.2, -0.15) is 0 Å². The molecule has 0 bridgehead atoms. The van der Waals surface area contributed by atoms with Crippen molar-refractivity contribution in [3.63, 3.8) is 0 Å². The van der Waals surface area contributed by atoms with Crippen LogP contribution in [0.1, 0.15) is 11.1 Å². The molecule has 24 heavy (non-hydrogen) atoms. The zero-order valence-corrected chi connectivity index (χ0v) is 14.3. The molecule has 0 aliphatic carbocycles. The lowest BCUT2D eigenvalue weighted by Gasteiger charge is -2.00. The summed E-state index contributed by atoms with van der Waals surface area (Å²) >= 11 is 1.16. The number of nitrogens with zero attached hydrogens (tertiary/aromatic N) is 2. The summed E-state index contributed by atoms with van der Waals surface area (Å²) in [6.45, 7) is 2.00. The second kappa shape index (κ2) is 5.61. The van der Waals surface area contributed by atoms with Crippen molar-refractivity contribution in [3.05, 3.63) is 65.1 Å². The van der Waals surface area contributed by atoms with E-state index >= 15 is 0 Å². The molecule has 3 aromatic rings. The lowest BCUT2D eigenvalue weighted by Crippen LogP contribution is -1.91. The van der Waals surface area contributed by atoms with Crippen molar-refractivity contribution in [2.45, 2.75) is 17.0 Å². The highest BCUT2D eigenvalue weighted by atomic mass is 32.2. The number of aryl methyl sites for hydroxylation is 1. The van der Waals surface area contributed by atoms with E-state index < -0.39 is 9.84 Å². The number of benzene rings is 2. The van der Waals surface area contributed by atoms with Gasteiger partial charge in [-0.3, -0.25) is 0 Å². The summed E-state index contributed by atoms with van der Waals surface area (Å²) in [6.07, 6.45) is 0. The molecule has 5 nitrogen and oxygen atoms in total. The number of fused-ring (bicyclic) bond motifs is 1. The van der Waals surface area contributed by atoms with Crippen molar-refractivity contribution in [2.75, 3.05) is 0 Å². The van der Waals surface area contributed by atoms with Crippen LogP contribution in [0.2, 0.25) is 0 Å². The predicted molar refractivity (Wildman–Crippen MR) is 91.9 cm³/mol. The van der Waals surface area contributed by atoms with Crippen LogP contribution in [0.5, 0.6) is 0 Å². The predicted octanol–water partition coefficient (Wildman–Crippen LogP) is 3.92. The molecule has 2 aromatic carbocycles. The summed E-state index contributed by atoms with van der Waals surface area (Å²) in [5.74, 6) is 0.409. The number of hydrogen-bond acceptors (Lipinski definition) is 6. The summed E-state index contributed by atoms with van der Waals surface area (Å²) < 4.78 is 30.0. The first kappa shape index (κ1) is 15.2. The summed E-state index contributed by atoms with van der Waals surface area (Å²) in [6, 6.07) is 14.6. The van der Waals surface area contributed by atoms with Crippen LogP contribution >= 0.6 is 11.8 Å². The minimum absolute atomic E-state index is 0.309. The van der Waals surface area contributed by atoms with Crippen LogP contribution in [0.25, 0.3) is 16.4 Å². The highest BCUT2D eigenvalue weighted by Crippen LogP contribution is 2.43. The van der Waals surface area contributed by atoms with Gasteiger partial charge in [0.15, 0.2) is 0 Å². The summed E-state index contributed by atoms with van der Waals surface area (Å²) in [5, 5.41) is 9.60. The van der Waals surface area contributed by atoms with Crippen LogP contribution in [-0.4, -0.2) is 18.6 Å². The molecule has 0 saturated carbocycles. The number of sulfone groups is 1. The van der Waals surface area contributed by atoms with E-state index in [9.17, 15) is 8.42 Å². The fourth-order valence-electron chi connectivity index (χ4n) is 2.42. The first-order valence-electron chi connectivity index (χ1n) is 7.17. The van der Waals surface area contributed by atoms with E-state index in [0.717, 1.165) is 22.9 Å². The van der Waals surface area contributed by atoms with Crippen molar-refractivity contribution in [3.8, 4) is 11.5 Å². The Kier molecular flexibility index (Phi) is 3.54. The Morgan fingerprint density at radius 3 is 2.54 bits per heavy atom. The van der Waals surface area contributed by atoms with Gasteiger partial charge >= 0.3 is 0 Å². The third-order valence-corrected chi connectivity index (χ3v) is 6.19. The zero-order valence-electron chi connectivity index (χ0n) is 12.6. The standard InChI is InChI=1S/C17H12N2O3S2/c1-11-6-8-12(9-7-11)16-18-19-17(22-16)23-14-10-24(20,21)15-5-3-2-4-13(14)15/h2-10H,1H3. The Morgan fingerprint density at radius 1 is 1.00 bits per heavy atom. The van der Waals surface area contributed by atoms with Crippen molar-refractivity contribution in [1.29, 1.82) is 0 Å². The maximum Gasteiger partial charge on any atom is 0.281 e. The van der Waals surface area contributed by atoms with E-state index in [1.165, 1.54) is 5.41 Å². The number of hydrogen-bond donors (Lipinski definition) is 0. The van der Waals surface area contributed by atoms with Gasteiger partial charge in [0.2, 0.25) is 15.7 Å². The maximum absolute atomic E-state index is 12.2. The summed E-state index contributed by atoms with van der Waals surface area (Å²) in [4.78, 5) is 0.899. The highest BCUT2D eigenvalue weighted by Gasteiger charge is 2.28. The third kappa shape index (κ3) is 2.65. The molecule has 0 N–H and O–H groups in total. The van der Waals surface area contributed by atoms with E-state index in [2.05, 4.69) is 10.2 Å². The monoisotopic (exact) mass is 356 g/mol. The fourth-order valence-corrected chi connectivity index (χ4v) is 5.03. The lowest BCUT2D eigenvalue weighted by molar-refractivity contribution is 0.467. The third-order valence-electron chi connectivity index (χ3n) is 3.62. The van der Waals surface area contributed by atoms with Gasteiger partial charge in [0.1, 0.15) is 0 Å². The fraction of sp³-hybridized carbons (Fsp3) is 0.0588. The average Bonchev–Trinajstić information content (AvgIpc) is 3.12. The van der Waals surface area contributed by atoms with Gasteiger partial charge in [-0.05, 0) is 36.9 Å². The van der Waals surface area contributed by atoms with E-state index in [4.69, 9.17) is 4.42 Å². The molecule has 0 saturated heterocycles. The van der Waals surface area contributed by atoms with Crippen LogP contribution in [-0.2, 0) is 9.84 Å². The van der Waals surface area contributed by atoms with Gasteiger partial charge in [0.25, 0.3) is 5.22 Å². The molecular formula is C17H12N2O3S2. The van der Waals surface area contributed by atoms with Crippen LogP contribution in [0, 0.1) is 6.92 Å². The first-order valence-corrected chi connectivity index (χ1v) is 9.54. The molecule has 1 aromatic heterocycles. The molecule has 7 heteroatoms. The quantitative estimate of drug-likeness (QED) is 0.708. The first-order chi connectivity index (χ1) is 11.5. The largest absolute Gasteiger partial charge is 0.411 e. The number of thioether (sulfide) groups is 1. The Labute approximate surface area is 143 Å². The molecule has 2 heterocycles. The Hall–Kier alpha value is -2.38. The van der Waals surface area contributed by atoms with E-state index in [1.54, 1.807) is 24.3 Å². The molecule has 1 aliphatic heterocycles. The second-order valence-electron chi connectivity index (χ2n) is 5.36. The van der Waals surface area contributed by atoms with Crippen molar-refractivity contribution in [2.24, 2.45) is 0 Å². The highest BCUT2D eigenvalue weighted by molar-refractivity contribution is 8.09.